The first-order valence-corrected chi connectivity index (χ1v) is 13.3. The quantitative estimate of drug-likeness (QED) is 0.253. The summed E-state index contributed by atoms with van der Waals surface area (Å²) in [5, 5.41) is 2.27. The largest absolute Gasteiger partial charge is 0.456 e. The molecule has 5 aromatic carbocycles. The Morgan fingerprint density at radius 2 is 1.09 bits per heavy atom. The highest BCUT2D eigenvalue weighted by atomic mass is 31.2. The van der Waals surface area contributed by atoms with Crippen molar-refractivity contribution < 1.29 is 9.30 Å². The van der Waals surface area contributed by atoms with Crippen molar-refractivity contribution in [1.82, 2.24) is 0 Å². The van der Waals surface area contributed by atoms with Gasteiger partial charge in [-0.05, 0) is 61.5 Å². The summed E-state index contributed by atoms with van der Waals surface area (Å²) in [4.78, 5) is 2.18. The van der Waals surface area contributed by atoms with Crippen molar-refractivity contribution >= 4 is 40.1 Å². The SMILES string of the molecule is Cc1ccc2c(c1)P(=O)(c1ccccc1)c1cc(N(c3ccccc3)c3ccccc3)ccc1O2. The first kappa shape index (κ1) is 21.5. The molecule has 0 radical (unpaired) electrons. The average molecular weight is 474 g/mol. The molecule has 0 aromatic heterocycles. The topological polar surface area (TPSA) is 29.5 Å². The van der Waals surface area contributed by atoms with Crippen molar-refractivity contribution in [1.29, 1.82) is 0 Å². The van der Waals surface area contributed by atoms with Crippen LogP contribution in [0, 0.1) is 6.92 Å². The van der Waals surface area contributed by atoms with E-state index in [9.17, 15) is 0 Å². The molecule has 4 heteroatoms. The van der Waals surface area contributed by atoms with Crippen LogP contribution < -0.4 is 25.6 Å². The predicted octanol–water partition coefficient (Wildman–Crippen LogP) is 7.21. The van der Waals surface area contributed by atoms with Gasteiger partial charge in [0.25, 0.3) is 0 Å². The second kappa shape index (κ2) is 8.61. The molecule has 3 nitrogen and oxygen atoms in total. The van der Waals surface area contributed by atoms with Crippen LogP contribution in [0.15, 0.2) is 127 Å². The molecule has 0 spiro atoms. The molecule has 0 bridgehead atoms. The van der Waals surface area contributed by atoms with Crippen molar-refractivity contribution in [2.24, 2.45) is 0 Å². The number of nitrogens with zero attached hydrogens (tertiary/aromatic N) is 1. The highest BCUT2D eigenvalue weighted by Gasteiger charge is 2.39. The van der Waals surface area contributed by atoms with Crippen LogP contribution in [0.25, 0.3) is 0 Å². The fraction of sp³-hybridized carbons (Fsp3) is 0.0323. The summed E-state index contributed by atoms with van der Waals surface area (Å²) >= 11 is 0. The van der Waals surface area contributed by atoms with Crippen LogP contribution >= 0.6 is 7.14 Å². The van der Waals surface area contributed by atoms with E-state index in [0.29, 0.717) is 11.5 Å². The number of hydrogen-bond acceptors (Lipinski definition) is 3. The standard InChI is InChI=1S/C31H24NO2P/c1-23-17-19-28-30(21-23)35(33,27-15-9-4-10-16-27)31-22-26(18-20-29(31)34-28)32(24-11-5-2-6-12-24)25-13-7-3-8-14-25/h2-22H,1H3. The van der Waals surface area contributed by atoms with Crippen molar-refractivity contribution in [2.45, 2.75) is 6.92 Å². The summed E-state index contributed by atoms with van der Waals surface area (Å²) in [7, 11) is -3.17. The Morgan fingerprint density at radius 1 is 0.571 bits per heavy atom. The number of anilines is 3. The van der Waals surface area contributed by atoms with E-state index in [1.54, 1.807) is 0 Å². The molecule has 0 aliphatic carbocycles. The molecule has 35 heavy (non-hydrogen) atoms. The monoisotopic (exact) mass is 473 g/mol. The number of aryl methyl sites for hydroxylation is 1. The van der Waals surface area contributed by atoms with Crippen LogP contribution in [0.2, 0.25) is 0 Å². The number of para-hydroxylation sites is 2. The van der Waals surface area contributed by atoms with Gasteiger partial charge in [0, 0.05) is 22.4 Å². The molecule has 0 amide bonds. The normalized spacial score (nSPS) is 16.0. The molecule has 0 saturated carbocycles. The van der Waals surface area contributed by atoms with E-state index < -0.39 is 7.14 Å². The van der Waals surface area contributed by atoms with Gasteiger partial charge in [0.05, 0.1) is 10.6 Å². The van der Waals surface area contributed by atoms with Gasteiger partial charge in [0.2, 0.25) is 0 Å². The molecule has 1 aliphatic rings. The summed E-state index contributed by atoms with van der Waals surface area (Å²) in [6.07, 6.45) is 0. The fourth-order valence-electron chi connectivity index (χ4n) is 4.70. The van der Waals surface area contributed by atoms with Gasteiger partial charge in [0.15, 0.2) is 7.14 Å². The molecule has 1 heterocycles. The van der Waals surface area contributed by atoms with Gasteiger partial charge in [-0.2, -0.15) is 0 Å². The zero-order chi connectivity index (χ0) is 23.8. The highest BCUT2D eigenvalue weighted by molar-refractivity contribution is 7.85. The maximum atomic E-state index is 15.2. The molecular formula is C31H24NO2P. The number of hydrogen-bond donors (Lipinski definition) is 0. The summed E-state index contributed by atoms with van der Waals surface area (Å²) in [5.74, 6) is 1.30. The minimum atomic E-state index is -3.17. The number of rotatable bonds is 4. The first-order chi connectivity index (χ1) is 17.1. The third kappa shape index (κ3) is 3.65. The van der Waals surface area contributed by atoms with Crippen LogP contribution in [0.5, 0.6) is 11.5 Å². The van der Waals surface area contributed by atoms with Crippen molar-refractivity contribution in [3.8, 4) is 11.5 Å². The summed E-state index contributed by atoms with van der Waals surface area (Å²) < 4.78 is 21.5. The van der Waals surface area contributed by atoms with E-state index in [0.717, 1.165) is 38.5 Å². The van der Waals surface area contributed by atoms with E-state index in [1.807, 2.05) is 110 Å². The molecule has 5 aromatic rings. The third-order valence-electron chi connectivity index (χ3n) is 6.36. The zero-order valence-corrected chi connectivity index (χ0v) is 20.2. The van der Waals surface area contributed by atoms with Crippen LogP contribution in [0.3, 0.4) is 0 Å². The Balaban J connectivity index is 1.60. The van der Waals surface area contributed by atoms with E-state index in [4.69, 9.17) is 4.74 Å². The molecule has 1 unspecified atom stereocenters. The maximum absolute atomic E-state index is 15.2. The highest BCUT2D eigenvalue weighted by Crippen LogP contribution is 2.52. The molecule has 0 N–H and O–H groups in total. The van der Waals surface area contributed by atoms with E-state index in [-0.39, 0.29) is 0 Å². The lowest BCUT2D eigenvalue weighted by Crippen LogP contribution is -2.31. The third-order valence-corrected chi connectivity index (χ3v) is 9.44. The van der Waals surface area contributed by atoms with Crippen molar-refractivity contribution in [3.63, 3.8) is 0 Å². The van der Waals surface area contributed by atoms with Gasteiger partial charge < -0.3 is 14.2 Å². The predicted molar refractivity (Wildman–Crippen MR) is 145 cm³/mol. The zero-order valence-electron chi connectivity index (χ0n) is 19.3. The molecule has 1 aliphatic heterocycles. The van der Waals surface area contributed by atoms with Crippen LogP contribution in [0.1, 0.15) is 5.56 Å². The van der Waals surface area contributed by atoms with Crippen LogP contribution in [-0.4, -0.2) is 0 Å². The summed E-state index contributed by atoms with van der Waals surface area (Å²) in [5.41, 5.74) is 4.04. The second-order valence-corrected chi connectivity index (χ2v) is 11.4. The van der Waals surface area contributed by atoms with E-state index in [2.05, 4.69) is 29.2 Å². The molecule has 0 fully saturated rings. The minimum Gasteiger partial charge on any atom is -0.456 e. The Kier molecular flexibility index (Phi) is 5.28. The Hall–Kier alpha value is -4.07. The lowest BCUT2D eigenvalue weighted by atomic mass is 10.2. The Bertz CT molecular complexity index is 1510. The van der Waals surface area contributed by atoms with Gasteiger partial charge in [-0.25, -0.2) is 0 Å². The van der Waals surface area contributed by atoms with Crippen molar-refractivity contribution in [3.05, 3.63) is 133 Å². The van der Waals surface area contributed by atoms with Gasteiger partial charge in [-0.1, -0.05) is 78.4 Å². The Morgan fingerprint density at radius 3 is 1.69 bits per heavy atom. The fourth-order valence-corrected chi connectivity index (χ4v) is 7.67. The Labute approximate surface area is 205 Å². The number of ether oxygens (including phenoxy) is 1. The van der Waals surface area contributed by atoms with Gasteiger partial charge in [-0.3, -0.25) is 0 Å². The summed E-state index contributed by atoms with van der Waals surface area (Å²) in [6.45, 7) is 2.02. The molecule has 0 saturated heterocycles. The van der Waals surface area contributed by atoms with E-state index in [1.165, 1.54) is 0 Å². The molecular weight excluding hydrogens is 449 g/mol. The minimum absolute atomic E-state index is 0.637. The molecule has 6 rings (SSSR count). The first-order valence-electron chi connectivity index (χ1n) is 11.6. The lowest BCUT2D eigenvalue weighted by Gasteiger charge is -2.31. The van der Waals surface area contributed by atoms with E-state index >= 15 is 4.57 Å². The smallest absolute Gasteiger partial charge is 0.178 e. The van der Waals surface area contributed by atoms with Crippen LogP contribution in [-0.2, 0) is 4.57 Å². The average Bonchev–Trinajstić information content (AvgIpc) is 2.91. The van der Waals surface area contributed by atoms with Gasteiger partial charge in [0.1, 0.15) is 11.5 Å². The second-order valence-electron chi connectivity index (χ2n) is 8.68. The van der Waals surface area contributed by atoms with Gasteiger partial charge >= 0.3 is 0 Å². The maximum Gasteiger partial charge on any atom is 0.178 e. The molecule has 170 valence electrons. The van der Waals surface area contributed by atoms with Crippen molar-refractivity contribution in [2.75, 3.05) is 4.90 Å². The number of fused-ring (bicyclic) bond motifs is 2. The number of benzene rings is 5. The van der Waals surface area contributed by atoms with Gasteiger partial charge in [-0.15, -0.1) is 0 Å². The van der Waals surface area contributed by atoms with Crippen LogP contribution in [0.4, 0.5) is 17.1 Å². The lowest BCUT2D eigenvalue weighted by molar-refractivity contribution is 0.485. The summed E-state index contributed by atoms with van der Waals surface area (Å²) in [6, 6.07) is 42.2. The molecule has 1 atom stereocenters.